The molecule has 0 aliphatic carbocycles. The monoisotopic (exact) mass is 420 g/mol. The fourth-order valence-corrected chi connectivity index (χ4v) is 6.41. The molecule has 0 spiro atoms. The molecule has 1 aliphatic heterocycles. The van der Waals surface area contributed by atoms with E-state index >= 15 is 0 Å². The minimum atomic E-state index is -0.476. The van der Waals surface area contributed by atoms with Crippen LogP contribution in [0.1, 0.15) is 20.5 Å². The molecule has 132 valence electrons. The summed E-state index contributed by atoms with van der Waals surface area (Å²) in [6.07, 6.45) is 0. The van der Waals surface area contributed by atoms with E-state index in [1.807, 2.05) is 47.8 Å². The first-order valence-corrected chi connectivity index (χ1v) is 10.9. The predicted molar refractivity (Wildman–Crippen MR) is 113 cm³/mol. The topological polar surface area (TPSA) is 26.3 Å². The lowest BCUT2D eigenvalue weighted by Gasteiger charge is -2.17. The van der Waals surface area contributed by atoms with E-state index in [-0.39, 0.29) is 9.60 Å². The number of esters is 1. The van der Waals surface area contributed by atoms with E-state index in [4.69, 9.17) is 27.9 Å². The Morgan fingerprint density at radius 1 is 1.00 bits per heavy atom. The van der Waals surface area contributed by atoms with E-state index in [9.17, 15) is 4.79 Å². The Labute approximate surface area is 170 Å². The molecule has 26 heavy (non-hydrogen) atoms. The second kappa shape index (κ2) is 7.73. The second-order valence-electron chi connectivity index (χ2n) is 5.79. The number of fused-ring (bicyclic) bond motifs is 1. The molecule has 3 aromatic carbocycles. The van der Waals surface area contributed by atoms with Gasteiger partial charge in [-0.25, -0.2) is 4.79 Å². The van der Waals surface area contributed by atoms with Gasteiger partial charge in [-0.1, -0.05) is 53.5 Å². The third-order valence-electron chi connectivity index (χ3n) is 4.14. The SMILES string of the molecule is O=C(Oc1ccc2ccccc2c1C1SCCS1)c1ccc(Cl)cc1Cl. The molecular weight excluding hydrogens is 407 g/mol. The Kier molecular flexibility index (Phi) is 5.37. The van der Waals surface area contributed by atoms with Crippen LogP contribution in [0.5, 0.6) is 5.75 Å². The van der Waals surface area contributed by atoms with E-state index in [1.165, 1.54) is 0 Å². The maximum atomic E-state index is 12.7. The Balaban J connectivity index is 1.76. The van der Waals surface area contributed by atoms with Crippen LogP contribution in [0.2, 0.25) is 10.0 Å². The number of rotatable bonds is 3. The summed E-state index contributed by atoms with van der Waals surface area (Å²) in [6, 6.07) is 16.8. The smallest absolute Gasteiger partial charge is 0.345 e. The molecule has 3 aromatic rings. The second-order valence-corrected chi connectivity index (χ2v) is 9.35. The maximum Gasteiger partial charge on any atom is 0.345 e. The summed E-state index contributed by atoms with van der Waals surface area (Å²) in [7, 11) is 0. The Morgan fingerprint density at radius 2 is 1.77 bits per heavy atom. The predicted octanol–water partition coefficient (Wildman–Crippen LogP) is 6.84. The van der Waals surface area contributed by atoms with Gasteiger partial charge in [0.15, 0.2) is 0 Å². The van der Waals surface area contributed by atoms with Crippen LogP contribution in [0, 0.1) is 0 Å². The van der Waals surface area contributed by atoms with Crippen LogP contribution >= 0.6 is 46.7 Å². The van der Waals surface area contributed by atoms with E-state index in [1.54, 1.807) is 18.2 Å². The van der Waals surface area contributed by atoms with Crippen molar-refractivity contribution in [2.45, 2.75) is 4.58 Å². The molecule has 0 amide bonds. The van der Waals surface area contributed by atoms with Crippen molar-refractivity contribution in [3.8, 4) is 5.75 Å². The van der Waals surface area contributed by atoms with Crippen molar-refractivity contribution < 1.29 is 9.53 Å². The zero-order valence-electron chi connectivity index (χ0n) is 13.6. The summed E-state index contributed by atoms with van der Waals surface area (Å²) < 4.78 is 6.03. The Bertz CT molecular complexity index is 985. The van der Waals surface area contributed by atoms with Crippen LogP contribution in [0.25, 0.3) is 10.8 Å². The number of carbonyl (C=O) groups is 1. The molecule has 0 radical (unpaired) electrons. The van der Waals surface area contributed by atoms with Crippen LogP contribution in [-0.2, 0) is 0 Å². The van der Waals surface area contributed by atoms with Crippen molar-refractivity contribution in [1.82, 2.24) is 0 Å². The molecule has 1 heterocycles. The molecule has 0 atom stereocenters. The van der Waals surface area contributed by atoms with Gasteiger partial charge in [0.25, 0.3) is 0 Å². The van der Waals surface area contributed by atoms with Gasteiger partial charge in [0.05, 0.1) is 15.2 Å². The molecule has 6 heteroatoms. The van der Waals surface area contributed by atoms with Gasteiger partial charge in [0.1, 0.15) is 5.75 Å². The summed E-state index contributed by atoms with van der Waals surface area (Å²) in [5.41, 5.74) is 1.37. The summed E-state index contributed by atoms with van der Waals surface area (Å²) in [6.45, 7) is 0. The lowest BCUT2D eigenvalue weighted by atomic mass is 10.0. The van der Waals surface area contributed by atoms with Gasteiger partial charge < -0.3 is 4.74 Å². The lowest BCUT2D eigenvalue weighted by Crippen LogP contribution is -2.11. The average Bonchev–Trinajstić information content (AvgIpc) is 3.15. The van der Waals surface area contributed by atoms with Crippen LogP contribution in [-0.4, -0.2) is 17.5 Å². The molecule has 0 aromatic heterocycles. The molecule has 2 nitrogen and oxygen atoms in total. The van der Waals surface area contributed by atoms with Gasteiger partial charge in [0.2, 0.25) is 0 Å². The zero-order chi connectivity index (χ0) is 18.1. The summed E-state index contributed by atoms with van der Waals surface area (Å²) in [5, 5.41) is 3.03. The van der Waals surface area contributed by atoms with Crippen molar-refractivity contribution in [3.05, 3.63) is 75.8 Å². The standard InChI is InChI=1S/C20H14Cl2O2S2/c21-13-6-7-15(16(22)11-13)19(23)24-17-8-5-12-3-1-2-4-14(12)18(17)20-25-9-10-26-20/h1-8,11,20H,9-10H2. The highest BCUT2D eigenvalue weighted by atomic mass is 35.5. The first-order valence-electron chi connectivity index (χ1n) is 8.05. The van der Waals surface area contributed by atoms with Gasteiger partial charge in [-0.15, -0.1) is 23.5 Å². The van der Waals surface area contributed by atoms with Crippen LogP contribution in [0.15, 0.2) is 54.6 Å². The quantitative estimate of drug-likeness (QED) is 0.342. The van der Waals surface area contributed by atoms with E-state index in [0.717, 1.165) is 27.8 Å². The van der Waals surface area contributed by atoms with E-state index in [2.05, 4.69) is 12.1 Å². The first-order chi connectivity index (χ1) is 12.6. The summed E-state index contributed by atoms with van der Waals surface area (Å²) in [5.74, 6) is 2.30. The van der Waals surface area contributed by atoms with Crippen molar-refractivity contribution in [3.63, 3.8) is 0 Å². The van der Waals surface area contributed by atoms with Crippen LogP contribution in [0.4, 0.5) is 0 Å². The minimum absolute atomic E-state index is 0.254. The number of carbonyl (C=O) groups excluding carboxylic acids is 1. The van der Waals surface area contributed by atoms with Crippen molar-refractivity contribution in [1.29, 1.82) is 0 Å². The highest BCUT2D eigenvalue weighted by molar-refractivity contribution is 8.19. The Morgan fingerprint density at radius 3 is 2.54 bits per heavy atom. The van der Waals surface area contributed by atoms with Gasteiger partial charge in [-0.3, -0.25) is 0 Å². The summed E-state index contributed by atoms with van der Waals surface area (Å²) >= 11 is 15.8. The van der Waals surface area contributed by atoms with Gasteiger partial charge in [-0.05, 0) is 35.0 Å². The zero-order valence-corrected chi connectivity index (χ0v) is 16.7. The summed E-state index contributed by atoms with van der Waals surface area (Å²) in [4.78, 5) is 12.7. The van der Waals surface area contributed by atoms with Gasteiger partial charge >= 0.3 is 5.97 Å². The van der Waals surface area contributed by atoms with E-state index < -0.39 is 5.97 Å². The molecule has 4 rings (SSSR count). The number of hydrogen-bond acceptors (Lipinski definition) is 4. The fraction of sp³-hybridized carbons (Fsp3) is 0.150. The van der Waals surface area contributed by atoms with Crippen molar-refractivity contribution in [2.75, 3.05) is 11.5 Å². The normalized spacial score (nSPS) is 14.7. The van der Waals surface area contributed by atoms with Crippen molar-refractivity contribution >= 4 is 63.5 Å². The van der Waals surface area contributed by atoms with Gasteiger partial charge in [-0.2, -0.15) is 0 Å². The number of ether oxygens (including phenoxy) is 1. The largest absolute Gasteiger partial charge is 0.423 e. The molecule has 0 saturated carbocycles. The first kappa shape index (κ1) is 18.1. The van der Waals surface area contributed by atoms with Crippen LogP contribution in [0.3, 0.4) is 0 Å². The number of halogens is 2. The van der Waals surface area contributed by atoms with Gasteiger partial charge in [0, 0.05) is 22.1 Å². The average molecular weight is 421 g/mol. The molecule has 1 saturated heterocycles. The molecule has 0 unspecified atom stereocenters. The van der Waals surface area contributed by atoms with Crippen LogP contribution < -0.4 is 4.74 Å². The molecular formula is C20H14Cl2O2S2. The molecule has 0 N–H and O–H groups in total. The number of hydrogen-bond donors (Lipinski definition) is 0. The maximum absolute atomic E-state index is 12.7. The lowest BCUT2D eigenvalue weighted by molar-refractivity contribution is 0.0734. The molecule has 0 bridgehead atoms. The number of thioether (sulfide) groups is 2. The van der Waals surface area contributed by atoms with Crippen molar-refractivity contribution in [2.24, 2.45) is 0 Å². The minimum Gasteiger partial charge on any atom is -0.423 e. The Hall–Kier alpha value is -1.33. The highest BCUT2D eigenvalue weighted by Crippen LogP contribution is 2.50. The fourth-order valence-electron chi connectivity index (χ4n) is 2.94. The highest BCUT2D eigenvalue weighted by Gasteiger charge is 2.26. The number of benzene rings is 3. The van der Waals surface area contributed by atoms with E-state index in [0.29, 0.717) is 16.3 Å². The molecule has 1 fully saturated rings. The molecule has 1 aliphatic rings. The third-order valence-corrected chi connectivity index (χ3v) is 7.72. The third kappa shape index (κ3) is 3.56.